The molecule has 1 aliphatic heterocycles. The smallest absolute Gasteiger partial charge is 0.508 e. The van der Waals surface area contributed by atoms with Crippen LogP contribution in [0.2, 0.25) is 0 Å². The van der Waals surface area contributed by atoms with E-state index in [1.807, 2.05) is 12.1 Å². The third kappa shape index (κ3) is 29.7. The molecule has 209 valence electrons. The van der Waals surface area contributed by atoms with Crippen LogP contribution in [-0.4, -0.2) is 63.0 Å². The van der Waals surface area contributed by atoms with Gasteiger partial charge in [-0.1, -0.05) is 12.1 Å². The van der Waals surface area contributed by atoms with Crippen LogP contribution in [0.15, 0.2) is 24.3 Å². The second kappa shape index (κ2) is 19.7. The molecule has 0 aromatic heterocycles. The van der Waals surface area contributed by atoms with Gasteiger partial charge in [0.1, 0.15) is 5.75 Å². The van der Waals surface area contributed by atoms with E-state index >= 15 is 0 Å². The van der Waals surface area contributed by atoms with E-state index in [1.165, 1.54) is 12.0 Å². The molecule has 14 nitrogen and oxygen atoms in total. The van der Waals surface area contributed by atoms with Crippen molar-refractivity contribution in [3.8, 4) is 5.75 Å². The predicted octanol–water partition coefficient (Wildman–Crippen LogP) is -9.51. The molecule has 1 heterocycles. The Balaban J connectivity index is 0. The number of benzene rings is 1. The average Bonchev–Trinajstić information content (AvgIpc) is 2.68. The van der Waals surface area contributed by atoms with Crippen LogP contribution in [0.5, 0.6) is 5.75 Å². The van der Waals surface area contributed by atoms with Crippen molar-refractivity contribution in [2.45, 2.75) is 25.4 Å². The van der Waals surface area contributed by atoms with Crippen molar-refractivity contribution in [2.24, 2.45) is 0 Å². The molecule has 0 amide bonds. The molecule has 0 unspecified atom stereocenters. The number of phenols is 1. The van der Waals surface area contributed by atoms with Gasteiger partial charge in [-0.05, 0) is 44.1 Å². The molecular formula is C18H33Cl2CuN5O9. The molecule has 1 saturated heterocycles. The summed E-state index contributed by atoms with van der Waals surface area (Å²) in [5, 5.41) is 27.1. The van der Waals surface area contributed by atoms with Crippen molar-refractivity contribution in [3.05, 3.63) is 29.8 Å². The molecule has 1 aromatic carbocycles. The zero-order valence-corrected chi connectivity index (χ0v) is 21.6. The second-order valence-corrected chi connectivity index (χ2v) is 9.06. The molecule has 1 aromatic rings. The molecule has 0 aliphatic carbocycles. The van der Waals surface area contributed by atoms with Crippen molar-refractivity contribution in [2.75, 3.05) is 52.4 Å². The van der Waals surface area contributed by atoms with Gasteiger partial charge in [-0.3, -0.25) is 0 Å². The SMILES string of the molecule is CC1(NCc2ccc(O)cc2)CNCCNCCCNCCNC1.[Cu+2].[O-][Cl+3]([O-])([O-])[O-].[O-][Cl+3]([O-])([O-])[O-]. The first kappa shape index (κ1) is 36.8. The molecule has 0 bridgehead atoms. The maximum atomic E-state index is 9.39. The Kier molecular flexibility index (Phi) is 20.7. The number of halogens is 2. The third-order valence-corrected chi connectivity index (χ3v) is 4.35. The normalized spacial score (nSPS) is 17.9. The van der Waals surface area contributed by atoms with E-state index in [4.69, 9.17) is 37.3 Å². The Labute approximate surface area is 219 Å². The maximum absolute atomic E-state index is 9.39. The monoisotopic (exact) mass is 596 g/mol. The van der Waals surface area contributed by atoms with Gasteiger partial charge in [0.05, 0.1) is 0 Å². The van der Waals surface area contributed by atoms with Crippen LogP contribution in [0.3, 0.4) is 0 Å². The molecule has 2 rings (SSSR count). The molecule has 6 N–H and O–H groups in total. The van der Waals surface area contributed by atoms with Crippen molar-refractivity contribution in [1.29, 1.82) is 0 Å². The molecule has 1 aliphatic rings. The topological polar surface area (TPSA) is 265 Å². The Bertz CT molecular complexity index is 602. The fourth-order valence-electron chi connectivity index (χ4n) is 2.79. The first-order valence-electron chi connectivity index (χ1n) is 10.3. The number of phenolic OH excluding ortho intramolecular Hbond substituents is 1. The first-order chi connectivity index (χ1) is 15.7. The average molecular weight is 598 g/mol. The van der Waals surface area contributed by atoms with Gasteiger partial charge < -0.3 is 31.7 Å². The van der Waals surface area contributed by atoms with Gasteiger partial charge in [0.15, 0.2) is 0 Å². The molecule has 1 fully saturated rings. The Hall–Kier alpha value is -0.401. The summed E-state index contributed by atoms with van der Waals surface area (Å²) in [6.07, 6.45) is 1.17. The molecular weight excluding hydrogens is 565 g/mol. The minimum Gasteiger partial charge on any atom is -0.508 e. The molecule has 35 heavy (non-hydrogen) atoms. The van der Waals surface area contributed by atoms with E-state index in [9.17, 15) is 5.11 Å². The number of nitrogens with one attached hydrogen (secondary N) is 5. The van der Waals surface area contributed by atoms with Gasteiger partial charge in [-0.25, -0.2) is 37.3 Å². The standard InChI is InChI=1S/C18H33N5O.2ClHO4.Cu/c1-18(23-13-16-3-5-17(24)6-4-16)14-21-11-9-19-7-2-8-20-10-12-22-15-18;2*2-1(3,4)5;/h3-6,19-24H,2,7-15H2,1H3;2*(H,2,3,4,5);/q;;;+2/p-2. The van der Waals surface area contributed by atoms with Crippen molar-refractivity contribution in [1.82, 2.24) is 26.6 Å². The molecule has 17 heteroatoms. The quantitative estimate of drug-likeness (QED) is 0.177. The van der Waals surface area contributed by atoms with E-state index in [0.29, 0.717) is 5.75 Å². The van der Waals surface area contributed by atoms with Crippen LogP contribution in [0.4, 0.5) is 0 Å². The van der Waals surface area contributed by atoms with E-state index in [2.05, 4.69) is 33.5 Å². The van der Waals surface area contributed by atoms with Gasteiger partial charge in [0.2, 0.25) is 0 Å². The summed E-state index contributed by atoms with van der Waals surface area (Å²) in [5.41, 5.74) is 1.15. The number of hydrogen-bond donors (Lipinski definition) is 6. The van der Waals surface area contributed by atoms with Crippen molar-refractivity contribution >= 4 is 0 Å². The molecule has 0 spiro atoms. The van der Waals surface area contributed by atoms with Gasteiger partial charge in [-0.2, -0.15) is 0 Å². The Morgan fingerprint density at radius 2 is 1.11 bits per heavy atom. The fraction of sp³-hybridized carbons (Fsp3) is 0.667. The van der Waals surface area contributed by atoms with Crippen LogP contribution in [0.1, 0.15) is 18.9 Å². The summed E-state index contributed by atoms with van der Waals surface area (Å²) >= 11 is 0. The van der Waals surface area contributed by atoms with Crippen molar-refractivity contribution < 1.29 is 79.9 Å². The van der Waals surface area contributed by atoms with Crippen molar-refractivity contribution in [3.63, 3.8) is 0 Å². The van der Waals surface area contributed by atoms with E-state index in [0.717, 1.165) is 58.9 Å². The maximum Gasteiger partial charge on any atom is 2.00 e. The summed E-state index contributed by atoms with van der Waals surface area (Å²) < 4.78 is 67.9. The number of rotatable bonds is 3. The largest absolute Gasteiger partial charge is 2.00 e. The van der Waals surface area contributed by atoms with Gasteiger partial charge in [-0.15, -0.1) is 20.5 Å². The predicted molar refractivity (Wildman–Crippen MR) is 99.4 cm³/mol. The summed E-state index contributed by atoms with van der Waals surface area (Å²) in [4.78, 5) is 0. The van der Waals surface area contributed by atoms with E-state index < -0.39 is 20.5 Å². The summed E-state index contributed by atoms with van der Waals surface area (Å²) in [7, 11) is -9.89. The Morgan fingerprint density at radius 3 is 1.51 bits per heavy atom. The van der Waals surface area contributed by atoms with Crippen LogP contribution in [-0.2, 0) is 23.6 Å². The van der Waals surface area contributed by atoms with E-state index in [-0.39, 0.29) is 22.6 Å². The van der Waals surface area contributed by atoms with Gasteiger partial charge in [0, 0.05) is 51.4 Å². The number of aromatic hydroxyl groups is 1. The van der Waals surface area contributed by atoms with Crippen LogP contribution < -0.4 is 63.9 Å². The fourth-order valence-corrected chi connectivity index (χ4v) is 2.79. The van der Waals surface area contributed by atoms with Gasteiger partial charge in [0.25, 0.3) is 0 Å². The summed E-state index contributed by atoms with van der Waals surface area (Å²) in [5.74, 6) is 0.311. The zero-order chi connectivity index (χ0) is 26.1. The number of hydrogen-bond acceptors (Lipinski definition) is 14. The van der Waals surface area contributed by atoms with Crippen LogP contribution in [0, 0.1) is 20.5 Å². The summed E-state index contributed by atoms with van der Waals surface area (Å²) in [6.45, 7) is 10.9. The third-order valence-electron chi connectivity index (χ3n) is 4.35. The van der Waals surface area contributed by atoms with Crippen LogP contribution >= 0.6 is 0 Å². The van der Waals surface area contributed by atoms with Gasteiger partial charge >= 0.3 is 17.1 Å². The Morgan fingerprint density at radius 1 is 0.743 bits per heavy atom. The minimum absolute atomic E-state index is 0. The zero-order valence-electron chi connectivity index (χ0n) is 19.2. The summed E-state index contributed by atoms with van der Waals surface area (Å²) in [6, 6.07) is 7.40. The molecule has 0 saturated carbocycles. The van der Waals surface area contributed by atoms with E-state index in [1.54, 1.807) is 12.1 Å². The molecule has 1 radical (unpaired) electrons. The minimum atomic E-state index is -4.94. The second-order valence-electron chi connectivity index (χ2n) is 7.54. The molecule has 0 atom stereocenters. The van der Waals surface area contributed by atoms with Crippen LogP contribution in [0.25, 0.3) is 0 Å². The first-order valence-corrected chi connectivity index (χ1v) is 12.7.